The molecule has 4 rings (SSSR count). The van der Waals surface area contributed by atoms with Gasteiger partial charge in [-0.3, -0.25) is 0 Å². The maximum absolute atomic E-state index is 10.5. The lowest BCUT2D eigenvalue weighted by atomic mass is 9.81. The van der Waals surface area contributed by atoms with E-state index < -0.39 is 30.2 Å². The highest BCUT2D eigenvalue weighted by Gasteiger charge is 2.54. The summed E-state index contributed by atoms with van der Waals surface area (Å²) in [5.41, 5.74) is -0.216. The summed E-state index contributed by atoms with van der Waals surface area (Å²) in [7, 11) is 0. The Morgan fingerprint density at radius 2 is 1.96 bits per heavy atom. The minimum absolute atomic E-state index is 0.162. The summed E-state index contributed by atoms with van der Waals surface area (Å²) in [5.74, 6) is 0. The summed E-state index contributed by atoms with van der Waals surface area (Å²) in [6.45, 7) is 7.65. The number of fused-ring (bicyclic) bond motifs is 2. The van der Waals surface area contributed by atoms with Gasteiger partial charge in [0.1, 0.15) is 17.3 Å². The Hall–Kier alpha value is -1.28. The molecule has 3 aliphatic rings. The first-order valence-electron chi connectivity index (χ1n) is 9.48. The fourth-order valence-corrected chi connectivity index (χ4v) is 4.27. The molecule has 0 aliphatic carbocycles. The number of benzene rings is 1. The fraction of sp³-hybridized carbons (Fsp3) is 0.619. The summed E-state index contributed by atoms with van der Waals surface area (Å²) in [6, 6.07) is 9.84. The zero-order chi connectivity index (χ0) is 19.2. The second kappa shape index (κ2) is 6.95. The third kappa shape index (κ3) is 3.46. The summed E-state index contributed by atoms with van der Waals surface area (Å²) in [4.78, 5) is 0. The van der Waals surface area contributed by atoms with E-state index in [0.717, 1.165) is 11.1 Å². The predicted molar refractivity (Wildman–Crippen MR) is 98.0 cm³/mol. The molecule has 1 aromatic rings. The third-order valence-electron chi connectivity index (χ3n) is 5.87. The monoisotopic (exact) mass is 376 g/mol. The lowest BCUT2D eigenvalue weighted by molar-refractivity contribution is -0.348. The molecule has 1 aromatic carbocycles. The van der Waals surface area contributed by atoms with Crippen molar-refractivity contribution in [2.45, 2.75) is 68.6 Å². The number of aliphatic hydroxyl groups excluding tert-OH is 1. The van der Waals surface area contributed by atoms with Crippen LogP contribution >= 0.6 is 0 Å². The summed E-state index contributed by atoms with van der Waals surface area (Å²) < 4.78 is 24.7. The number of hydrogen-bond acceptors (Lipinski definition) is 6. The maximum atomic E-state index is 10.5. The van der Waals surface area contributed by atoms with Gasteiger partial charge in [0, 0.05) is 12.0 Å². The van der Waals surface area contributed by atoms with Crippen LogP contribution in [0.15, 0.2) is 42.5 Å². The molecule has 3 saturated heterocycles. The van der Waals surface area contributed by atoms with Crippen molar-refractivity contribution in [2.75, 3.05) is 13.2 Å². The maximum Gasteiger partial charge on any atom is 0.184 e. The van der Waals surface area contributed by atoms with Crippen LogP contribution in [0.4, 0.5) is 0 Å². The zero-order valence-electron chi connectivity index (χ0n) is 15.8. The van der Waals surface area contributed by atoms with Gasteiger partial charge in [-0.15, -0.1) is 0 Å². The van der Waals surface area contributed by atoms with Crippen LogP contribution in [0, 0.1) is 0 Å². The summed E-state index contributed by atoms with van der Waals surface area (Å²) >= 11 is 0. The molecular weight excluding hydrogens is 348 g/mol. The van der Waals surface area contributed by atoms with Gasteiger partial charge in [-0.25, -0.2) is 0 Å². The smallest absolute Gasteiger partial charge is 0.184 e. The van der Waals surface area contributed by atoms with Crippen molar-refractivity contribution >= 4 is 0 Å². The Morgan fingerprint density at radius 3 is 2.67 bits per heavy atom. The molecule has 148 valence electrons. The van der Waals surface area contributed by atoms with E-state index in [1.54, 1.807) is 6.92 Å². The predicted octanol–water partition coefficient (Wildman–Crippen LogP) is 2.11. The Balaban J connectivity index is 1.51. The van der Waals surface area contributed by atoms with Gasteiger partial charge < -0.3 is 29.2 Å². The van der Waals surface area contributed by atoms with Crippen molar-refractivity contribution in [1.29, 1.82) is 0 Å². The molecular formula is C21H28O6. The molecule has 3 aliphatic heterocycles. The molecule has 6 nitrogen and oxygen atoms in total. The highest BCUT2D eigenvalue weighted by molar-refractivity contribution is 5.19. The van der Waals surface area contributed by atoms with Crippen LogP contribution in [0.1, 0.15) is 38.5 Å². The Labute approximate surface area is 159 Å². The molecule has 27 heavy (non-hydrogen) atoms. The van der Waals surface area contributed by atoms with E-state index in [1.165, 1.54) is 0 Å². The van der Waals surface area contributed by atoms with E-state index in [4.69, 9.17) is 18.9 Å². The zero-order valence-corrected chi connectivity index (χ0v) is 15.8. The molecule has 0 saturated carbocycles. The van der Waals surface area contributed by atoms with Crippen LogP contribution in [-0.2, 0) is 18.9 Å². The summed E-state index contributed by atoms with van der Waals surface area (Å²) in [5, 5.41) is 20.0. The second-order valence-electron chi connectivity index (χ2n) is 8.32. The van der Waals surface area contributed by atoms with Gasteiger partial charge in [-0.2, -0.15) is 0 Å². The molecule has 7 atom stereocenters. The highest BCUT2D eigenvalue weighted by atomic mass is 16.7. The van der Waals surface area contributed by atoms with Crippen molar-refractivity contribution in [1.82, 2.24) is 0 Å². The van der Waals surface area contributed by atoms with Gasteiger partial charge in [-0.05, 0) is 25.8 Å². The molecule has 0 unspecified atom stereocenters. The molecule has 6 heteroatoms. The van der Waals surface area contributed by atoms with Crippen molar-refractivity contribution in [2.24, 2.45) is 0 Å². The van der Waals surface area contributed by atoms with E-state index in [2.05, 4.69) is 6.58 Å². The van der Waals surface area contributed by atoms with Gasteiger partial charge >= 0.3 is 0 Å². The van der Waals surface area contributed by atoms with E-state index in [9.17, 15) is 10.2 Å². The van der Waals surface area contributed by atoms with Gasteiger partial charge in [0.15, 0.2) is 6.29 Å². The average molecular weight is 376 g/mol. The Morgan fingerprint density at radius 1 is 1.22 bits per heavy atom. The van der Waals surface area contributed by atoms with Crippen LogP contribution < -0.4 is 0 Å². The highest BCUT2D eigenvalue weighted by Crippen LogP contribution is 2.45. The van der Waals surface area contributed by atoms with Gasteiger partial charge in [-0.1, -0.05) is 36.9 Å². The van der Waals surface area contributed by atoms with Crippen molar-refractivity contribution in [3.63, 3.8) is 0 Å². The summed E-state index contributed by atoms with van der Waals surface area (Å²) in [6.07, 6.45) is -0.421. The minimum Gasteiger partial charge on any atom is -0.393 e. The van der Waals surface area contributed by atoms with Gasteiger partial charge in [0.2, 0.25) is 0 Å². The fourth-order valence-electron chi connectivity index (χ4n) is 4.27. The topological polar surface area (TPSA) is 77.4 Å². The van der Waals surface area contributed by atoms with E-state index >= 15 is 0 Å². The quantitative estimate of drug-likeness (QED) is 0.787. The van der Waals surface area contributed by atoms with E-state index in [-0.39, 0.29) is 18.3 Å². The molecule has 0 radical (unpaired) electrons. The number of ether oxygens (including phenoxy) is 4. The molecule has 0 amide bonds. The lowest BCUT2D eigenvalue weighted by Crippen LogP contribution is -2.64. The third-order valence-corrected chi connectivity index (χ3v) is 5.87. The molecule has 0 bridgehead atoms. The molecule has 3 heterocycles. The largest absolute Gasteiger partial charge is 0.393 e. The Kier molecular flexibility index (Phi) is 4.91. The van der Waals surface area contributed by atoms with E-state index in [1.807, 2.05) is 37.3 Å². The van der Waals surface area contributed by atoms with Crippen LogP contribution in [0.3, 0.4) is 0 Å². The van der Waals surface area contributed by atoms with Crippen molar-refractivity contribution in [3.8, 4) is 0 Å². The van der Waals surface area contributed by atoms with E-state index in [0.29, 0.717) is 19.4 Å². The van der Waals surface area contributed by atoms with Gasteiger partial charge in [0.25, 0.3) is 0 Å². The Bertz CT molecular complexity index is 689. The first-order chi connectivity index (χ1) is 12.8. The minimum atomic E-state index is -1.37. The average Bonchev–Trinajstić information content (AvgIpc) is 2.66. The van der Waals surface area contributed by atoms with Crippen molar-refractivity contribution in [3.05, 3.63) is 48.0 Å². The molecule has 0 aromatic heterocycles. The van der Waals surface area contributed by atoms with Gasteiger partial charge in [0.05, 0.1) is 31.5 Å². The SMILES string of the molecule is C=C1C[C@@H]2O[C@]3(C)CO[C@@H](c4ccccc4)O[C@H]3C[C@H]2O[C@@H]1[C@](C)(O)CO. The number of aliphatic hydroxyl groups is 2. The van der Waals surface area contributed by atoms with Crippen LogP contribution in [0.2, 0.25) is 0 Å². The van der Waals surface area contributed by atoms with Crippen LogP contribution in [0.5, 0.6) is 0 Å². The van der Waals surface area contributed by atoms with Crippen LogP contribution in [-0.4, -0.2) is 59.0 Å². The molecule has 3 fully saturated rings. The number of rotatable bonds is 3. The van der Waals surface area contributed by atoms with Crippen molar-refractivity contribution < 1.29 is 29.2 Å². The lowest BCUT2D eigenvalue weighted by Gasteiger charge is -2.54. The normalized spacial score (nSPS) is 41.3. The first-order valence-corrected chi connectivity index (χ1v) is 9.48. The number of hydrogen-bond donors (Lipinski definition) is 2. The van der Waals surface area contributed by atoms with Crippen LogP contribution in [0.25, 0.3) is 0 Å². The standard InChI is InChI=1S/C21H28O6/c1-13-9-16-15(25-18(13)20(2,23)11-22)10-17-21(3,27-16)12-24-19(26-17)14-7-5-4-6-8-14/h4-8,15-19,22-23H,1,9-12H2,2-3H3/t15-,16+,17+,18+,19-,20-,21-/m1/s1. The second-order valence-corrected chi connectivity index (χ2v) is 8.32. The molecule has 2 N–H and O–H groups in total. The molecule has 0 spiro atoms. The first kappa shape index (κ1) is 19.1.